The van der Waals surface area contributed by atoms with Gasteiger partial charge in [0.2, 0.25) is 0 Å². The number of anilines is 2. The Bertz CT molecular complexity index is 763. The Morgan fingerprint density at radius 2 is 1.80 bits per heavy atom. The van der Waals surface area contributed by atoms with Crippen LogP contribution < -0.4 is 15.0 Å². The van der Waals surface area contributed by atoms with Crippen molar-refractivity contribution >= 4 is 17.4 Å². The second-order valence-electron chi connectivity index (χ2n) is 6.48. The van der Waals surface area contributed by atoms with Crippen LogP contribution in [0.3, 0.4) is 0 Å². The molecule has 0 radical (unpaired) electrons. The van der Waals surface area contributed by atoms with Gasteiger partial charge in [-0.05, 0) is 55.0 Å². The molecule has 130 valence electrons. The minimum Gasteiger partial charge on any atom is -0.497 e. The van der Waals surface area contributed by atoms with Gasteiger partial charge in [0.05, 0.1) is 13.2 Å². The number of ether oxygens (including phenoxy) is 1. The number of urea groups is 1. The Labute approximate surface area is 146 Å². The maximum atomic E-state index is 13.0. The Hall–Kier alpha value is -2.76. The number of halogens is 1. The molecule has 2 aliphatic heterocycles. The van der Waals surface area contributed by atoms with E-state index in [1.165, 1.54) is 12.1 Å². The zero-order valence-electron chi connectivity index (χ0n) is 14.0. The van der Waals surface area contributed by atoms with Crippen LogP contribution in [0.5, 0.6) is 5.75 Å². The summed E-state index contributed by atoms with van der Waals surface area (Å²) in [7, 11) is 1.66. The van der Waals surface area contributed by atoms with Crippen LogP contribution in [0.2, 0.25) is 0 Å². The smallest absolute Gasteiger partial charge is 0.322 e. The summed E-state index contributed by atoms with van der Waals surface area (Å²) < 4.78 is 18.2. The summed E-state index contributed by atoms with van der Waals surface area (Å²) in [6.07, 6.45) is 0.975. The van der Waals surface area contributed by atoms with Crippen molar-refractivity contribution in [2.45, 2.75) is 18.5 Å². The molecule has 2 atom stereocenters. The predicted molar refractivity (Wildman–Crippen MR) is 94.7 cm³/mol. The Balaban J connectivity index is 1.40. The molecular formula is C19H20FN3O2. The van der Waals surface area contributed by atoms with Crippen molar-refractivity contribution < 1.29 is 13.9 Å². The Kier molecular flexibility index (Phi) is 3.95. The molecule has 4 rings (SSSR count). The van der Waals surface area contributed by atoms with Crippen LogP contribution in [0.1, 0.15) is 6.42 Å². The number of amides is 2. The zero-order valence-corrected chi connectivity index (χ0v) is 14.0. The lowest BCUT2D eigenvalue weighted by Gasteiger charge is -2.35. The van der Waals surface area contributed by atoms with Gasteiger partial charge >= 0.3 is 6.03 Å². The maximum Gasteiger partial charge on any atom is 0.322 e. The number of nitrogens with zero attached hydrogens (tertiary/aromatic N) is 2. The van der Waals surface area contributed by atoms with E-state index >= 15 is 0 Å². The highest BCUT2D eigenvalue weighted by atomic mass is 19.1. The lowest BCUT2D eigenvalue weighted by molar-refractivity contribution is 0.202. The number of nitrogens with one attached hydrogen (secondary N) is 1. The summed E-state index contributed by atoms with van der Waals surface area (Å²) in [5.41, 5.74) is 1.77. The van der Waals surface area contributed by atoms with Gasteiger partial charge in [0.15, 0.2) is 0 Å². The van der Waals surface area contributed by atoms with Crippen LogP contribution in [0, 0.1) is 5.82 Å². The lowest BCUT2D eigenvalue weighted by atomic mass is 10.2. The quantitative estimate of drug-likeness (QED) is 0.931. The van der Waals surface area contributed by atoms with Crippen molar-refractivity contribution in [1.82, 2.24) is 4.90 Å². The van der Waals surface area contributed by atoms with Gasteiger partial charge in [0, 0.05) is 30.5 Å². The molecule has 0 unspecified atom stereocenters. The third-order valence-electron chi connectivity index (χ3n) is 5.00. The van der Waals surface area contributed by atoms with Crippen LogP contribution in [0.25, 0.3) is 0 Å². The first-order chi connectivity index (χ1) is 12.1. The first kappa shape index (κ1) is 15.7. The molecule has 2 bridgehead atoms. The number of piperazine rings is 1. The molecule has 5 nitrogen and oxygen atoms in total. The number of likely N-dealkylation sites (tertiary alicyclic amines) is 1. The fourth-order valence-electron chi connectivity index (χ4n) is 3.73. The van der Waals surface area contributed by atoms with Crippen LogP contribution in [0.4, 0.5) is 20.6 Å². The lowest BCUT2D eigenvalue weighted by Crippen LogP contribution is -2.50. The van der Waals surface area contributed by atoms with Gasteiger partial charge in [0.25, 0.3) is 0 Å². The minimum atomic E-state index is -0.312. The van der Waals surface area contributed by atoms with Gasteiger partial charge in [-0.2, -0.15) is 0 Å². The molecule has 0 aromatic heterocycles. The molecule has 1 N–H and O–H groups in total. The third kappa shape index (κ3) is 2.99. The second-order valence-corrected chi connectivity index (χ2v) is 6.48. The highest BCUT2D eigenvalue weighted by Gasteiger charge is 2.45. The first-order valence-electron chi connectivity index (χ1n) is 8.38. The average Bonchev–Trinajstić information content (AvgIpc) is 3.24. The van der Waals surface area contributed by atoms with E-state index in [4.69, 9.17) is 4.74 Å². The van der Waals surface area contributed by atoms with Gasteiger partial charge < -0.3 is 19.9 Å². The number of hydrogen-bond acceptors (Lipinski definition) is 3. The largest absolute Gasteiger partial charge is 0.497 e. The van der Waals surface area contributed by atoms with E-state index in [-0.39, 0.29) is 17.9 Å². The average molecular weight is 341 g/mol. The van der Waals surface area contributed by atoms with E-state index < -0.39 is 0 Å². The summed E-state index contributed by atoms with van der Waals surface area (Å²) >= 11 is 0. The number of carbonyl (C=O) groups is 1. The number of carbonyl (C=O) groups excluding carboxylic acids is 1. The second kappa shape index (κ2) is 6.27. The molecule has 2 heterocycles. The van der Waals surface area contributed by atoms with E-state index in [1.807, 2.05) is 17.0 Å². The zero-order chi connectivity index (χ0) is 17.4. The normalized spacial score (nSPS) is 21.5. The number of fused-ring (bicyclic) bond motifs is 2. The Morgan fingerprint density at radius 1 is 1.08 bits per heavy atom. The molecule has 2 amide bonds. The van der Waals surface area contributed by atoms with Gasteiger partial charge in [0.1, 0.15) is 11.6 Å². The minimum absolute atomic E-state index is 0.117. The molecule has 0 spiro atoms. The molecule has 25 heavy (non-hydrogen) atoms. The SMILES string of the molecule is COc1ccc(N2C[C@H]3C[C@@H]2CN3C(=O)Nc2ccc(F)cc2)cc1. The molecule has 0 aliphatic carbocycles. The van der Waals surface area contributed by atoms with Gasteiger partial charge in [-0.15, -0.1) is 0 Å². The van der Waals surface area contributed by atoms with Gasteiger partial charge in [-0.25, -0.2) is 9.18 Å². The fourth-order valence-corrected chi connectivity index (χ4v) is 3.73. The van der Waals surface area contributed by atoms with E-state index in [1.54, 1.807) is 19.2 Å². The van der Waals surface area contributed by atoms with Gasteiger partial charge in [-0.3, -0.25) is 0 Å². The number of benzene rings is 2. The molecular weight excluding hydrogens is 321 g/mol. The molecule has 2 fully saturated rings. The fraction of sp³-hybridized carbons (Fsp3) is 0.316. The van der Waals surface area contributed by atoms with E-state index in [0.29, 0.717) is 18.3 Å². The molecule has 2 aromatic carbocycles. The van der Waals surface area contributed by atoms with Crippen molar-refractivity contribution in [2.24, 2.45) is 0 Å². The topological polar surface area (TPSA) is 44.8 Å². The van der Waals surface area contributed by atoms with Crippen LogP contribution >= 0.6 is 0 Å². The summed E-state index contributed by atoms with van der Waals surface area (Å²) in [5, 5.41) is 2.85. The van der Waals surface area contributed by atoms with Crippen molar-refractivity contribution in [2.75, 3.05) is 30.4 Å². The number of methoxy groups -OCH3 is 1. The third-order valence-corrected chi connectivity index (χ3v) is 5.00. The van der Waals surface area contributed by atoms with Gasteiger partial charge in [-0.1, -0.05) is 0 Å². The molecule has 6 heteroatoms. The summed E-state index contributed by atoms with van der Waals surface area (Å²) in [4.78, 5) is 16.7. The first-order valence-corrected chi connectivity index (χ1v) is 8.38. The molecule has 2 aliphatic rings. The van der Waals surface area contributed by atoms with Crippen molar-refractivity contribution in [1.29, 1.82) is 0 Å². The monoisotopic (exact) mass is 341 g/mol. The van der Waals surface area contributed by atoms with E-state index in [0.717, 1.165) is 24.4 Å². The van der Waals surface area contributed by atoms with Crippen LogP contribution in [0.15, 0.2) is 48.5 Å². The van der Waals surface area contributed by atoms with Crippen molar-refractivity contribution in [3.05, 3.63) is 54.3 Å². The summed E-state index contributed by atoms with van der Waals surface area (Å²) in [6.45, 7) is 1.53. The van der Waals surface area contributed by atoms with E-state index in [2.05, 4.69) is 22.3 Å². The van der Waals surface area contributed by atoms with Crippen molar-refractivity contribution in [3.8, 4) is 5.75 Å². The highest BCUT2D eigenvalue weighted by molar-refractivity contribution is 5.90. The highest BCUT2D eigenvalue weighted by Crippen LogP contribution is 2.35. The predicted octanol–water partition coefficient (Wildman–Crippen LogP) is 3.33. The van der Waals surface area contributed by atoms with Crippen LogP contribution in [-0.4, -0.2) is 43.2 Å². The van der Waals surface area contributed by atoms with Crippen molar-refractivity contribution in [3.63, 3.8) is 0 Å². The van der Waals surface area contributed by atoms with Crippen LogP contribution in [-0.2, 0) is 0 Å². The summed E-state index contributed by atoms with van der Waals surface area (Å²) in [5.74, 6) is 0.529. The molecule has 2 saturated heterocycles. The number of hydrogen-bond donors (Lipinski definition) is 1. The number of rotatable bonds is 3. The van der Waals surface area contributed by atoms with E-state index in [9.17, 15) is 9.18 Å². The maximum absolute atomic E-state index is 13.0. The molecule has 2 aromatic rings. The Morgan fingerprint density at radius 3 is 2.40 bits per heavy atom. The standard InChI is InChI=1S/C19H20FN3O2/c1-25-18-8-6-15(7-9-18)22-11-17-10-16(22)12-23(17)19(24)21-14-4-2-13(20)3-5-14/h2-9,16-17H,10-12H2,1H3,(H,21,24)/t16-,17-/m1/s1. The molecule has 0 saturated carbocycles. The summed E-state index contributed by atoms with van der Waals surface area (Å²) in [6, 6.07) is 14.3.